The molecule has 17 heavy (non-hydrogen) atoms. The van der Waals surface area contributed by atoms with E-state index in [-0.39, 0.29) is 0 Å². The van der Waals surface area contributed by atoms with E-state index < -0.39 is 32.7 Å². The van der Waals surface area contributed by atoms with Crippen molar-refractivity contribution < 1.29 is 19.8 Å². The zero-order valence-corrected chi connectivity index (χ0v) is 13.7. The van der Waals surface area contributed by atoms with Crippen molar-refractivity contribution in [1.29, 1.82) is 0 Å². The number of hydrogen-bond donors (Lipinski definition) is 0. The van der Waals surface area contributed by atoms with Gasteiger partial charge in [-0.25, -0.2) is 0 Å². The molecule has 0 aromatic heterocycles. The van der Waals surface area contributed by atoms with Crippen LogP contribution in [0.5, 0.6) is 0 Å². The standard InChI is InChI=1S/C10H21IO5S/c1-6-10(12)16-8-7-9-17(5,15-4)11(13-2)14-3/h6H,1,7-9H2,2-5H3. The van der Waals surface area contributed by atoms with Crippen LogP contribution in [-0.4, -0.2) is 45.9 Å². The summed E-state index contributed by atoms with van der Waals surface area (Å²) < 4.78 is 21.2. The van der Waals surface area contributed by atoms with Gasteiger partial charge >= 0.3 is 112 Å². The van der Waals surface area contributed by atoms with Crippen LogP contribution in [0.4, 0.5) is 0 Å². The Morgan fingerprint density at radius 3 is 2.35 bits per heavy atom. The van der Waals surface area contributed by atoms with E-state index in [0.29, 0.717) is 6.61 Å². The molecular formula is C10H21IO5S. The van der Waals surface area contributed by atoms with Crippen LogP contribution in [-0.2, 0) is 19.8 Å². The summed E-state index contributed by atoms with van der Waals surface area (Å²) >= 11 is -1.98. The third-order valence-electron chi connectivity index (χ3n) is 1.93. The molecule has 0 radical (unpaired) electrons. The fourth-order valence-corrected chi connectivity index (χ4v) is 10.5. The average molecular weight is 380 g/mol. The van der Waals surface area contributed by atoms with Crippen LogP contribution < -0.4 is 0 Å². The van der Waals surface area contributed by atoms with Crippen molar-refractivity contribution in [3.05, 3.63) is 12.7 Å². The van der Waals surface area contributed by atoms with Gasteiger partial charge in [0.25, 0.3) is 0 Å². The van der Waals surface area contributed by atoms with Crippen molar-refractivity contribution in [1.82, 2.24) is 0 Å². The summed E-state index contributed by atoms with van der Waals surface area (Å²) in [6.45, 7) is 3.70. The molecule has 0 aliphatic heterocycles. The van der Waals surface area contributed by atoms with E-state index in [1.54, 1.807) is 21.3 Å². The summed E-state index contributed by atoms with van der Waals surface area (Å²) in [5.74, 6) is 0.411. The first-order chi connectivity index (χ1) is 8.03. The van der Waals surface area contributed by atoms with E-state index in [4.69, 9.17) is 15.1 Å². The molecule has 0 aliphatic carbocycles. The predicted octanol–water partition coefficient (Wildman–Crippen LogP) is 2.65. The second-order valence-electron chi connectivity index (χ2n) is 2.99. The Labute approximate surface area is 111 Å². The molecule has 0 rings (SSSR count). The second kappa shape index (κ2) is 9.15. The van der Waals surface area contributed by atoms with Crippen molar-refractivity contribution >= 4 is 32.7 Å². The molecule has 0 saturated heterocycles. The first-order valence-electron chi connectivity index (χ1n) is 4.95. The van der Waals surface area contributed by atoms with Crippen LogP contribution >= 0.6 is 26.7 Å². The van der Waals surface area contributed by atoms with E-state index in [2.05, 4.69) is 6.58 Å². The van der Waals surface area contributed by atoms with Crippen LogP contribution in [0.1, 0.15) is 6.42 Å². The number of esters is 1. The number of rotatable bonds is 9. The SMILES string of the molecule is C=CC(=O)OCCCS(C)(OC)I(OC)OC. The Balaban J connectivity index is 4.11. The molecule has 7 heteroatoms. The third kappa shape index (κ3) is 6.05. The van der Waals surface area contributed by atoms with Crippen LogP contribution in [0.25, 0.3) is 0 Å². The van der Waals surface area contributed by atoms with Gasteiger partial charge in [-0.2, -0.15) is 0 Å². The topological polar surface area (TPSA) is 54.0 Å². The maximum absolute atomic E-state index is 10.8. The van der Waals surface area contributed by atoms with E-state index in [1.807, 2.05) is 6.26 Å². The number of carbonyl (C=O) groups is 1. The summed E-state index contributed by atoms with van der Waals surface area (Å²) in [6.07, 6.45) is 3.94. The maximum atomic E-state index is 10.8. The van der Waals surface area contributed by atoms with Gasteiger partial charge in [-0.1, -0.05) is 0 Å². The van der Waals surface area contributed by atoms with E-state index >= 15 is 0 Å². The number of ether oxygens (including phenoxy) is 1. The molecule has 0 aromatic carbocycles. The van der Waals surface area contributed by atoms with Gasteiger partial charge in [-0.3, -0.25) is 0 Å². The predicted molar refractivity (Wildman–Crippen MR) is 79.2 cm³/mol. The molecule has 1 unspecified atom stereocenters. The normalized spacial score (nSPS) is 16.8. The number of hydrogen-bond acceptors (Lipinski definition) is 5. The molecule has 0 fully saturated rings. The Bertz CT molecular complexity index is 247. The van der Waals surface area contributed by atoms with Crippen molar-refractivity contribution in [3.8, 4) is 0 Å². The molecule has 5 nitrogen and oxygen atoms in total. The number of carbonyl (C=O) groups excluding carboxylic acids is 1. The molecule has 0 spiro atoms. The molecule has 0 aliphatic rings. The Morgan fingerprint density at radius 2 is 1.94 bits per heavy atom. The van der Waals surface area contributed by atoms with Gasteiger partial charge < -0.3 is 0 Å². The van der Waals surface area contributed by atoms with Crippen LogP contribution in [0.15, 0.2) is 12.7 Å². The van der Waals surface area contributed by atoms with Gasteiger partial charge in [0.1, 0.15) is 0 Å². The van der Waals surface area contributed by atoms with Crippen LogP contribution in [0, 0.1) is 0 Å². The first kappa shape index (κ1) is 17.2. The van der Waals surface area contributed by atoms with Crippen molar-refractivity contribution in [2.75, 3.05) is 39.9 Å². The molecule has 0 saturated carbocycles. The van der Waals surface area contributed by atoms with Gasteiger partial charge in [0.2, 0.25) is 0 Å². The summed E-state index contributed by atoms with van der Waals surface area (Å²) in [5.41, 5.74) is 0. The molecule has 0 heterocycles. The molecular weight excluding hydrogens is 359 g/mol. The van der Waals surface area contributed by atoms with Crippen LogP contribution in [0.2, 0.25) is 0 Å². The van der Waals surface area contributed by atoms with Gasteiger partial charge in [0.15, 0.2) is 0 Å². The molecule has 0 amide bonds. The van der Waals surface area contributed by atoms with E-state index in [1.165, 1.54) is 0 Å². The van der Waals surface area contributed by atoms with Gasteiger partial charge in [0.05, 0.1) is 0 Å². The quantitative estimate of drug-likeness (QED) is 0.266. The van der Waals surface area contributed by atoms with E-state index in [9.17, 15) is 4.79 Å². The zero-order chi connectivity index (χ0) is 13.3. The Morgan fingerprint density at radius 1 is 1.35 bits per heavy atom. The minimum atomic E-state index is -1.98. The Kier molecular flexibility index (Phi) is 9.24. The van der Waals surface area contributed by atoms with Crippen molar-refractivity contribution in [2.45, 2.75) is 6.42 Å². The van der Waals surface area contributed by atoms with Gasteiger partial charge in [0, 0.05) is 0 Å². The number of halogens is 1. The second-order valence-corrected chi connectivity index (χ2v) is 15.7. The first-order valence-corrected chi connectivity index (χ1v) is 11.4. The summed E-state index contributed by atoms with van der Waals surface area (Å²) in [7, 11) is 3.65. The third-order valence-corrected chi connectivity index (χ3v) is 14.3. The monoisotopic (exact) mass is 380 g/mol. The summed E-state index contributed by atoms with van der Waals surface area (Å²) in [4.78, 5) is 10.8. The van der Waals surface area contributed by atoms with Crippen molar-refractivity contribution in [3.63, 3.8) is 0 Å². The fourth-order valence-electron chi connectivity index (χ4n) is 1.08. The molecule has 0 bridgehead atoms. The zero-order valence-electron chi connectivity index (χ0n) is 10.7. The van der Waals surface area contributed by atoms with Gasteiger partial charge in [-0.05, 0) is 0 Å². The van der Waals surface area contributed by atoms with Crippen LogP contribution in [0.3, 0.4) is 0 Å². The summed E-state index contributed by atoms with van der Waals surface area (Å²) in [5, 5.41) is 0. The van der Waals surface area contributed by atoms with E-state index in [0.717, 1.165) is 18.2 Å². The summed E-state index contributed by atoms with van der Waals surface area (Å²) in [6, 6.07) is 0. The minimum absolute atomic E-state index is 0.369. The molecule has 0 aromatic rings. The van der Waals surface area contributed by atoms with Gasteiger partial charge in [-0.15, -0.1) is 0 Å². The molecule has 104 valence electrons. The fraction of sp³-hybridized carbons (Fsp3) is 0.700. The average Bonchev–Trinajstić information content (AvgIpc) is 2.35. The molecule has 0 N–H and O–H groups in total. The van der Waals surface area contributed by atoms with Crippen molar-refractivity contribution in [2.24, 2.45) is 0 Å². The molecule has 1 atom stereocenters. The Hall–Kier alpha value is 0.170.